The molecule has 1 fully saturated rings. The molecule has 1 aromatic heterocycles. The van der Waals surface area contributed by atoms with E-state index in [4.69, 9.17) is 5.26 Å². The van der Waals surface area contributed by atoms with Gasteiger partial charge in [0.15, 0.2) is 0 Å². The smallest absolute Gasteiger partial charge is 0.329 e. The molecule has 2 heterocycles. The van der Waals surface area contributed by atoms with E-state index < -0.39 is 22.6 Å². The standard InChI is InChI=1S/C11H10N4O4S/c12-5-7-1-2-13-10(9(7)15(18)19)14-3-4-20-6-8(14)11(16)17/h1-2,8H,3-4,6H2,(H,16,17). The first kappa shape index (κ1) is 14.1. The van der Waals surface area contributed by atoms with Crippen LogP contribution in [0, 0.1) is 21.4 Å². The molecule has 1 aliphatic rings. The predicted molar refractivity (Wildman–Crippen MR) is 71.7 cm³/mol. The average molecular weight is 294 g/mol. The molecule has 1 saturated heterocycles. The van der Waals surface area contributed by atoms with Gasteiger partial charge in [-0.25, -0.2) is 9.78 Å². The molecule has 0 bridgehead atoms. The second kappa shape index (κ2) is 5.75. The van der Waals surface area contributed by atoms with Crippen molar-refractivity contribution in [3.05, 3.63) is 27.9 Å². The summed E-state index contributed by atoms with van der Waals surface area (Å²) in [4.78, 5) is 27.0. The van der Waals surface area contributed by atoms with Crippen LogP contribution < -0.4 is 4.90 Å². The number of anilines is 1. The third-order valence-electron chi connectivity index (χ3n) is 2.89. The highest BCUT2D eigenvalue weighted by atomic mass is 32.2. The van der Waals surface area contributed by atoms with E-state index in [0.29, 0.717) is 18.1 Å². The Morgan fingerprint density at radius 2 is 2.45 bits per heavy atom. The summed E-state index contributed by atoms with van der Waals surface area (Å²) in [5, 5.41) is 29.3. The summed E-state index contributed by atoms with van der Waals surface area (Å²) in [6.45, 7) is 0.338. The van der Waals surface area contributed by atoms with E-state index in [9.17, 15) is 20.0 Å². The molecular formula is C11H10N4O4S. The van der Waals surface area contributed by atoms with Gasteiger partial charge in [-0.15, -0.1) is 0 Å². The van der Waals surface area contributed by atoms with Gasteiger partial charge in [-0.3, -0.25) is 10.1 Å². The Bertz CT molecular complexity index is 601. The summed E-state index contributed by atoms with van der Waals surface area (Å²) < 4.78 is 0. The average Bonchev–Trinajstić information content (AvgIpc) is 2.46. The fraction of sp³-hybridized carbons (Fsp3) is 0.364. The van der Waals surface area contributed by atoms with Crippen LogP contribution in [0.25, 0.3) is 0 Å². The number of hydrogen-bond acceptors (Lipinski definition) is 7. The first-order valence-electron chi connectivity index (χ1n) is 5.67. The van der Waals surface area contributed by atoms with Gasteiger partial charge in [-0.2, -0.15) is 17.0 Å². The van der Waals surface area contributed by atoms with Crippen molar-refractivity contribution in [3.8, 4) is 6.07 Å². The number of aromatic nitrogens is 1. The van der Waals surface area contributed by atoms with Gasteiger partial charge in [0, 0.05) is 24.2 Å². The van der Waals surface area contributed by atoms with Crippen LogP contribution in [-0.2, 0) is 4.79 Å². The predicted octanol–water partition coefficient (Wildman–Crippen LogP) is 0.868. The summed E-state index contributed by atoms with van der Waals surface area (Å²) in [6.07, 6.45) is 1.28. The lowest BCUT2D eigenvalue weighted by Gasteiger charge is -2.33. The molecule has 0 aliphatic carbocycles. The van der Waals surface area contributed by atoms with Crippen molar-refractivity contribution >= 4 is 29.2 Å². The van der Waals surface area contributed by atoms with Crippen LogP contribution in [0.4, 0.5) is 11.5 Å². The van der Waals surface area contributed by atoms with Gasteiger partial charge < -0.3 is 10.0 Å². The largest absolute Gasteiger partial charge is 0.480 e. The van der Waals surface area contributed by atoms with Crippen molar-refractivity contribution in [1.82, 2.24) is 4.98 Å². The Labute approximate surface area is 118 Å². The molecule has 1 atom stereocenters. The van der Waals surface area contributed by atoms with Crippen molar-refractivity contribution in [3.63, 3.8) is 0 Å². The van der Waals surface area contributed by atoms with Gasteiger partial charge in [0.1, 0.15) is 17.7 Å². The van der Waals surface area contributed by atoms with Gasteiger partial charge in [0.2, 0.25) is 5.82 Å². The summed E-state index contributed by atoms with van der Waals surface area (Å²) in [6, 6.07) is 2.10. The van der Waals surface area contributed by atoms with E-state index in [-0.39, 0.29) is 11.4 Å². The van der Waals surface area contributed by atoms with Crippen molar-refractivity contribution in [2.45, 2.75) is 6.04 Å². The maximum absolute atomic E-state index is 11.3. The second-order valence-electron chi connectivity index (χ2n) is 4.02. The Hall–Kier alpha value is -2.34. The van der Waals surface area contributed by atoms with Crippen LogP contribution in [-0.4, -0.2) is 45.1 Å². The molecular weight excluding hydrogens is 284 g/mol. The van der Waals surface area contributed by atoms with Crippen LogP contribution in [0.15, 0.2) is 12.3 Å². The number of carboxylic acid groups (broad SMARTS) is 1. The molecule has 1 aliphatic heterocycles. The summed E-state index contributed by atoms with van der Waals surface area (Å²) in [5.74, 6) is -0.137. The van der Waals surface area contributed by atoms with Crippen LogP contribution >= 0.6 is 11.8 Å². The number of rotatable bonds is 3. The lowest BCUT2D eigenvalue weighted by molar-refractivity contribution is -0.384. The van der Waals surface area contributed by atoms with Crippen LogP contribution in [0.3, 0.4) is 0 Å². The third-order valence-corrected chi connectivity index (χ3v) is 3.92. The molecule has 9 heteroatoms. The van der Waals surface area contributed by atoms with Gasteiger partial charge in [0.05, 0.1) is 4.92 Å². The third kappa shape index (κ3) is 2.50. The first-order valence-corrected chi connectivity index (χ1v) is 6.82. The topological polar surface area (TPSA) is 120 Å². The number of carbonyl (C=O) groups is 1. The fourth-order valence-electron chi connectivity index (χ4n) is 1.99. The highest BCUT2D eigenvalue weighted by Gasteiger charge is 2.35. The van der Waals surface area contributed by atoms with Crippen molar-refractivity contribution in [2.75, 3.05) is 23.0 Å². The van der Waals surface area contributed by atoms with Crippen molar-refractivity contribution in [2.24, 2.45) is 0 Å². The van der Waals surface area contributed by atoms with Gasteiger partial charge >= 0.3 is 11.7 Å². The normalized spacial score (nSPS) is 18.4. The lowest BCUT2D eigenvalue weighted by atomic mass is 10.2. The minimum absolute atomic E-state index is 0.0539. The quantitative estimate of drug-likeness (QED) is 0.644. The number of aliphatic carboxylic acids is 1. The van der Waals surface area contributed by atoms with Crippen molar-refractivity contribution in [1.29, 1.82) is 5.26 Å². The van der Waals surface area contributed by atoms with Gasteiger partial charge in [-0.1, -0.05) is 0 Å². The van der Waals surface area contributed by atoms with E-state index in [0.717, 1.165) is 0 Å². The zero-order valence-corrected chi connectivity index (χ0v) is 11.0. The molecule has 20 heavy (non-hydrogen) atoms. The van der Waals surface area contributed by atoms with E-state index in [1.165, 1.54) is 28.9 Å². The zero-order chi connectivity index (χ0) is 14.7. The maximum Gasteiger partial charge on any atom is 0.329 e. The molecule has 1 unspecified atom stereocenters. The van der Waals surface area contributed by atoms with E-state index in [2.05, 4.69) is 4.98 Å². The minimum Gasteiger partial charge on any atom is -0.480 e. The molecule has 0 amide bonds. The Morgan fingerprint density at radius 1 is 1.70 bits per heavy atom. The number of nitriles is 1. The van der Waals surface area contributed by atoms with E-state index in [1.54, 1.807) is 6.07 Å². The number of hydrogen-bond donors (Lipinski definition) is 1. The molecule has 2 rings (SSSR count). The summed E-state index contributed by atoms with van der Waals surface area (Å²) in [7, 11) is 0. The number of thioether (sulfide) groups is 1. The van der Waals surface area contributed by atoms with E-state index in [1.807, 2.05) is 0 Å². The highest BCUT2D eigenvalue weighted by Crippen LogP contribution is 2.32. The molecule has 1 aromatic rings. The number of nitrogens with zero attached hydrogens (tertiary/aromatic N) is 4. The van der Waals surface area contributed by atoms with Gasteiger partial charge in [-0.05, 0) is 6.07 Å². The first-order chi connectivity index (χ1) is 9.56. The van der Waals surface area contributed by atoms with Crippen molar-refractivity contribution < 1.29 is 14.8 Å². The Balaban J connectivity index is 2.53. The Kier molecular flexibility index (Phi) is 4.05. The summed E-state index contributed by atoms with van der Waals surface area (Å²) in [5.41, 5.74) is -0.560. The van der Waals surface area contributed by atoms with Crippen LogP contribution in [0.2, 0.25) is 0 Å². The number of nitro groups is 1. The van der Waals surface area contributed by atoms with Crippen LogP contribution in [0.5, 0.6) is 0 Å². The molecule has 0 spiro atoms. The van der Waals surface area contributed by atoms with E-state index >= 15 is 0 Å². The Morgan fingerprint density at radius 3 is 3.05 bits per heavy atom. The molecule has 0 saturated carbocycles. The molecule has 8 nitrogen and oxygen atoms in total. The maximum atomic E-state index is 11.3. The molecule has 104 valence electrons. The second-order valence-corrected chi connectivity index (χ2v) is 5.17. The molecule has 0 aromatic carbocycles. The van der Waals surface area contributed by atoms with Crippen LogP contribution in [0.1, 0.15) is 5.56 Å². The molecule has 0 radical (unpaired) electrons. The fourth-order valence-corrected chi connectivity index (χ4v) is 3.02. The lowest BCUT2D eigenvalue weighted by Crippen LogP contribution is -2.48. The van der Waals surface area contributed by atoms with Gasteiger partial charge in [0.25, 0.3) is 0 Å². The summed E-state index contributed by atoms with van der Waals surface area (Å²) >= 11 is 1.47. The minimum atomic E-state index is -1.06. The SMILES string of the molecule is N#Cc1ccnc(N2CCSCC2C(=O)O)c1[N+](=O)[O-]. The number of pyridine rings is 1. The zero-order valence-electron chi connectivity index (χ0n) is 10.2. The highest BCUT2D eigenvalue weighted by molar-refractivity contribution is 7.99. The number of carboxylic acids is 1. The molecule has 1 N–H and O–H groups in total. The monoisotopic (exact) mass is 294 g/mol.